The molecule has 0 aliphatic carbocycles. The van der Waals surface area contributed by atoms with Gasteiger partial charge in [-0.15, -0.1) is 0 Å². The molecule has 0 aromatic heterocycles. The molecule has 7 nitrogen and oxygen atoms in total. The number of hydrogen-bond donors (Lipinski definition) is 4. The maximum atomic E-state index is 12.9. The van der Waals surface area contributed by atoms with Crippen LogP contribution in [0.25, 0.3) is 0 Å². The van der Waals surface area contributed by atoms with Crippen LogP contribution in [-0.2, 0) is 11.0 Å². The van der Waals surface area contributed by atoms with E-state index in [1.807, 2.05) is 6.92 Å². The Morgan fingerprint density at radius 2 is 1.43 bits per heavy atom. The molecule has 0 unspecified atom stereocenters. The minimum absolute atomic E-state index is 0.00271. The third-order valence-corrected chi connectivity index (χ3v) is 5.27. The van der Waals surface area contributed by atoms with E-state index >= 15 is 0 Å². The number of carbonyl (C=O) groups is 3. The number of hydrogen-bond acceptors (Lipinski definition) is 4. The van der Waals surface area contributed by atoms with Crippen LogP contribution in [0.1, 0.15) is 46.0 Å². The van der Waals surface area contributed by atoms with Gasteiger partial charge in [0.05, 0.1) is 12.1 Å². The normalized spacial score (nSPS) is 10.9. The van der Waals surface area contributed by atoms with Crippen LogP contribution in [0.4, 0.5) is 30.2 Å². The lowest BCUT2D eigenvalue weighted by molar-refractivity contribution is -0.137. The predicted molar refractivity (Wildman–Crippen MR) is 137 cm³/mol. The molecule has 3 rings (SSSR count). The van der Waals surface area contributed by atoms with Crippen molar-refractivity contribution in [3.63, 3.8) is 0 Å². The highest BCUT2D eigenvalue weighted by Crippen LogP contribution is 2.30. The van der Waals surface area contributed by atoms with Gasteiger partial charge in [-0.25, -0.2) is 0 Å². The minimum atomic E-state index is -4.52. The summed E-state index contributed by atoms with van der Waals surface area (Å²) in [4.78, 5) is 37.0. The summed E-state index contributed by atoms with van der Waals surface area (Å²) >= 11 is 0. The number of rotatable bonds is 10. The van der Waals surface area contributed by atoms with Gasteiger partial charge in [0.25, 0.3) is 11.8 Å². The third-order valence-electron chi connectivity index (χ3n) is 5.27. The van der Waals surface area contributed by atoms with Gasteiger partial charge in [0, 0.05) is 34.7 Å². The average Bonchev–Trinajstić information content (AvgIpc) is 2.87. The molecule has 3 amide bonds. The Morgan fingerprint density at radius 1 is 0.757 bits per heavy atom. The summed E-state index contributed by atoms with van der Waals surface area (Å²) in [6.07, 6.45) is -2.63. The summed E-state index contributed by atoms with van der Waals surface area (Å²) in [5, 5.41) is 10.9. The van der Waals surface area contributed by atoms with Crippen molar-refractivity contribution in [2.24, 2.45) is 0 Å². The fraction of sp³-hybridized carbons (Fsp3) is 0.222. The number of carbonyl (C=O) groups excluding carboxylic acids is 3. The van der Waals surface area contributed by atoms with Crippen LogP contribution in [-0.4, -0.2) is 30.8 Å². The van der Waals surface area contributed by atoms with Crippen molar-refractivity contribution in [3.05, 3.63) is 89.5 Å². The highest BCUT2D eigenvalue weighted by Gasteiger charge is 2.30. The van der Waals surface area contributed by atoms with Gasteiger partial charge in [0.2, 0.25) is 5.91 Å². The van der Waals surface area contributed by atoms with E-state index < -0.39 is 17.6 Å². The Kier molecular flexibility index (Phi) is 9.26. The summed E-state index contributed by atoms with van der Waals surface area (Å²) in [6.45, 7) is 2.59. The largest absolute Gasteiger partial charge is 0.416 e. The number of amides is 3. The van der Waals surface area contributed by atoms with E-state index in [1.165, 1.54) is 24.3 Å². The molecule has 0 atom stereocenters. The fourth-order valence-electron chi connectivity index (χ4n) is 3.32. The molecule has 0 bridgehead atoms. The lowest BCUT2D eigenvalue weighted by Crippen LogP contribution is -2.24. The molecule has 37 heavy (non-hydrogen) atoms. The van der Waals surface area contributed by atoms with E-state index in [2.05, 4.69) is 21.3 Å². The molecule has 0 aliphatic rings. The van der Waals surface area contributed by atoms with Gasteiger partial charge in [0.1, 0.15) is 0 Å². The monoisotopic (exact) mass is 512 g/mol. The molecule has 0 radical (unpaired) electrons. The summed E-state index contributed by atoms with van der Waals surface area (Å²) in [5.41, 5.74) is 0.811. The second kappa shape index (κ2) is 12.6. The van der Waals surface area contributed by atoms with E-state index in [0.717, 1.165) is 25.0 Å². The van der Waals surface area contributed by atoms with Crippen molar-refractivity contribution in [2.45, 2.75) is 25.9 Å². The molecule has 194 valence electrons. The van der Waals surface area contributed by atoms with Gasteiger partial charge in [-0.3, -0.25) is 14.4 Å². The molecular formula is C27H27F3N4O3. The molecule has 0 fully saturated rings. The quantitative estimate of drug-likeness (QED) is 0.268. The predicted octanol–water partition coefficient (Wildman–Crippen LogP) is 5.54. The first kappa shape index (κ1) is 27.3. The summed E-state index contributed by atoms with van der Waals surface area (Å²) in [7, 11) is 0. The number of nitrogens with one attached hydrogen (secondary N) is 4. The number of anilines is 3. The van der Waals surface area contributed by atoms with Crippen LogP contribution in [0.5, 0.6) is 0 Å². The van der Waals surface area contributed by atoms with E-state index in [4.69, 9.17) is 0 Å². The first-order valence-corrected chi connectivity index (χ1v) is 11.7. The highest BCUT2D eigenvalue weighted by atomic mass is 19.4. The average molecular weight is 513 g/mol. The Balaban J connectivity index is 1.53. The second-order valence-electron chi connectivity index (χ2n) is 8.20. The van der Waals surface area contributed by atoms with Gasteiger partial charge < -0.3 is 21.3 Å². The molecule has 0 saturated carbocycles. The van der Waals surface area contributed by atoms with Crippen molar-refractivity contribution in [2.75, 3.05) is 29.0 Å². The van der Waals surface area contributed by atoms with Crippen LogP contribution in [0, 0.1) is 0 Å². The molecule has 0 spiro atoms. The lowest BCUT2D eigenvalue weighted by atomic mass is 10.1. The molecule has 4 N–H and O–H groups in total. The Bertz CT molecular complexity index is 1240. The molecule has 3 aromatic carbocycles. The highest BCUT2D eigenvalue weighted by molar-refractivity contribution is 6.05. The maximum Gasteiger partial charge on any atom is 0.416 e. The zero-order chi connectivity index (χ0) is 26.8. The van der Waals surface area contributed by atoms with Crippen LogP contribution in [0.3, 0.4) is 0 Å². The van der Waals surface area contributed by atoms with Crippen LogP contribution < -0.4 is 21.3 Å². The number of alkyl halides is 3. The molecule has 0 heterocycles. The van der Waals surface area contributed by atoms with E-state index in [0.29, 0.717) is 23.5 Å². The van der Waals surface area contributed by atoms with Crippen LogP contribution in [0.2, 0.25) is 0 Å². The standard InChI is InChI=1S/C27H27F3N4O3/c1-2-3-14-31-25(36)18-10-12-21(13-11-18)32-17-24(35)33-22-8-4-6-19(15-22)26(37)34-23-9-5-7-20(16-23)27(28,29)30/h4-13,15-16,32H,2-3,14,17H2,1H3,(H,31,36)(H,33,35)(H,34,37). The van der Waals surface area contributed by atoms with Gasteiger partial charge in [-0.1, -0.05) is 25.5 Å². The first-order chi connectivity index (χ1) is 17.7. The van der Waals surface area contributed by atoms with E-state index in [-0.39, 0.29) is 29.6 Å². The smallest absolute Gasteiger partial charge is 0.376 e. The summed E-state index contributed by atoms with van der Waals surface area (Å²) < 4.78 is 38.7. The van der Waals surface area contributed by atoms with E-state index in [1.54, 1.807) is 36.4 Å². The lowest BCUT2D eigenvalue weighted by Gasteiger charge is -2.11. The topological polar surface area (TPSA) is 99.3 Å². The number of unbranched alkanes of at least 4 members (excludes halogenated alkanes) is 1. The zero-order valence-corrected chi connectivity index (χ0v) is 20.1. The van der Waals surface area contributed by atoms with Crippen molar-refractivity contribution in [3.8, 4) is 0 Å². The van der Waals surface area contributed by atoms with Gasteiger partial charge in [0.15, 0.2) is 0 Å². The maximum absolute atomic E-state index is 12.9. The molecular weight excluding hydrogens is 485 g/mol. The summed E-state index contributed by atoms with van der Waals surface area (Å²) in [6, 6.07) is 17.1. The van der Waals surface area contributed by atoms with Gasteiger partial charge in [-0.05, 0) is 67.1 Å². The van der Waals surface area contributed by atoms with Crippen molar-refractivity contribution >= 4 is 34.8 Å². The van der Waals surface area contributed by atoms with Gasteiger partial charge >= 0.3 is 6.18 Å². The number of benzene rings is 3. The van der Waals surface area contributed by atoms with Gasteiger partial charge in [-0.2, -0.15) is 13.2 Å². The third kappa shape index (κ3) is 8.38. The fourth-order valence-corrected chi connectivity index (χ4v) is 3.32. The van der Waals surface area contributed by atoms with Crippen molar-refractivity contribution in [1.29, 1.82) is 0 Å². The first-order valence-electron chi connectivity index (χ1n) is 11.7. The SMILES string of the molecule is CCCCNC(=O)c1ccc(NCC(=O)Nc2cccc(C(=O)Nc3cccc(C(F)(F)F)c3)c2)cc1. The van der Waals surface area contributed by atoms with E-state index in [9.17, 15) is 27.6 Å². The Labute approximate surface area is 212 Å². The number of halogens is 3. The van der Waals surface area contributed by atoms with Crippen molar-refractivity contribution in [1.82, 2.24) is 5.32 Å². The Hall–Kier alpha value is -4.34. The zero-order valence-electron chi connectivity index (χ0n) is 20.1. The van der Waals surface area contributed by atoms with Crippen LogP contribution in [0.15, 0.2) is 72.8 Å². The molecule has 0 saturated heterocycles. The second-order valence-corrected chi connectivity index (χ2v) is 8.20. The summed E-state index contributed by atoms with van der Waals surface area (Å²) in [5.74, 6) is -1.15. The van der Waals surface area contributed by atoms with Crippen LogP contribution >= 0.6 is 0 Å². The molecule has 3 aromatic rings. The minimum Gasteiger partial charge on any atom is -0.376 e. The molecule has 10 heteroatoms. The van der Waals surface area contributed by atoms with Crippen molar-refractivity contribution < 1.29 is 27.6 Å². The Morgan fingerprint density at radius 3 is 2.11 bits per heavy atom. The molecule has 0 aliphatic heterocycles.